The molecule has 0 atom stereocenters. The van der Waals surface area contributed by atoms with Gasteiger partial charge < -0.3 is 20.3 Å². The highest BCUT2D eigenvalue weighted by Crippen LogP contribution is 2.28. The van der Waals surface area contributed by atoms with Crippen LogP contribution in [0.1, 0.15) is 12.7 Å². The Labute approximate surface area is 109 Å². The third kappa shape index (κ3) is 3.34. The molecular formula is C12H15FN4O2. The summed E-state index contributed by atoms with van der Waals surface area (Å²) < 4.78 is 23.3. The van der Waals surface area contributed by atoms with Crippen molar-refractivity contribution >= 4 is 11.4 Å². The Balaban J connectivity index is 2.00. The van der Waals surface area contributed by atoms with Crippen LogP contribution in [0.2, 0.25) is 0 Å². The molecule has 0 aliphatic rings. The predicted octanol–water partition coefficient (Wildman–Crippen LogP) is 1.84. The second kappa shape index (κ2) is 6.03. The van der Waals surface area contributed by atoms with Crippen molar-refractivity contribution in [1.82, 2.24) is 10.1 Å². The summed E-state index contributed by atoms with van der Waals surface area (Å²) in [7, 11) is 0. The molecule has 6 nitrogen and oxygen atoms in total. The van der Waals surface area contributed by atoms with Crippen molar-refractivity contribution in [3.05, 3.63) is 30.2 Å². The fourth-order valence-corrected chi connectivity index (χ4v) is 1.60. The number of ether oxygens (including phenoxy) is 1. The number of nitrogen functional groups attached to an aromatic ring is 1. The SMILES string of the molecule is CCOc1cc(NCCc2ncon2)c(N)cc1F. The summed E-state index contributed by atoms with van der Waals surface area (Å²) in [6, 6.07) is 2.78. The first-order valence-electron chi connectivity index (χ1n) is 5.91. The van der Waals surface area contributed by atoms with Crippen LogP contribution < -0.4 is 15.8 Å². The molecule has 0 aliphatic heterocycles. The Bertz CT molecular complexity index is 531. The molecule has 0 saturated heterocycles. The lowest BCUT2D eigenvalue weighted by atomic mass is 10.2. The van der Waals surface area contributed by atoms with Crippen LogP contribution >= 0.6 is 0 Å². The van der Waals surface area contributed by atoms with Crippen LogP contribution in [0.25, 0.3) is 0 Å². The first-order chi connectivity index (χ1) is 9.20. The topological polar surface area (TPSA) is 86.2 Å². The van der Waals surface area contributed by atoms with Gasteiger partial charge in [-0.1, -0.05) is 5.16 Å². The zero-order valence-corrected chi connectivity index (χ0v) is 10.5. The highest BCUT2D eigenvalue weighted by molar-refractivity contribution is 5.68. The summed E-state index contributed by atoms with van der Waals surface area (Å²) in [6.07, 6.45) is 1.85. The molecule has 0 unspecified atom stereocenters. The van der Waals surface area contributed by atoms with Crippen molar-refractivity contribution in [2.45, 2.75) is 13.3 Å². The van der Waals surface area contributed by atoms with E-state index in [1.165, 1.54) is 12.5 Å². The highest BCUT2D eigenvalue weighted by Gasteiger charge is 2.09. The first kappa shape index (κ1) is 13.1. The van der Waals surface area contributed by atoms with E-state index in [1.807, 2.05) is 0 Å². The van der Waals surface area contributed by atoms with E-state index in [0.717, 1.165) is 0 Å². The minimum Gasteiger partial charge on any atom is -0.491 e. The molecule has 1 heterocycles. The van der Waals surface area contributed by atoms with Gasteiger partial charge in [-0.15, -0.1) is 0 Å². The molecule has 102 valence electrons. The molecule has 0 radical (unpaired) electrons. The van der Waals surface area contributed by atoms with E-state index in [-0.39, 0.29) is 5.75 Å². The van der Waals surface area contributed by atoms with Crippen LogP contribution in [-0.4, -0.2) is 23.3 Å². The minimum atomic E-state index is -0.469. The van der Waals surface area contributed by atoms with Crippen molar-refractivity contribution in [3.8, 4) is 5.75 Å². The van der Waals surface area contributed by atoms with E-state index in [0.29, 0.717) is 36.8 Å². The fraction of sp³-hybridized carbons (Fsp3) is 0.333. The van der Waals surface area contributed by atoms with E-state index in [4.69, 9.17) is 10.5 Å². The maximum absolute atomic E-state index is 13.5. The van der Waals surface area contributed by atoms with Gasteiger partial charge in [-0.2, -0.15) is 4.98 Å². The third-order valence-electron chi connectivity index (χ3n) is 2.47. The summed E-state index contributed by atoms with van der Waals surface area (Å²) in [6.45, 7) is 2.74. The van der Waals surface area contributed by atoms with Crippen molar-refractivity contribution in [3.63, 3.8) is 0 Å². The molecule has 1 aromatic carbocycles. The summed E-state index contributed by atoms with van der Waals surface area (Å²) in [5.74, 6) is 0.306. The van der Waals surface area contributed by atoms with E-state index >= 15 is 0 Å². The average Bonchev–Trinajstić information content (AvgIpc) is 2.88. The number of nitrogens with zero attached hydrogens (tertiary/aromatic N) is 2. The number of aromatic nitrogens is 2. The number of hydrogen-bond donors (Lipinski definition) is 2. The molecule has 0 saturated carbocycles. The molecule has 0 aliphatic carbocycles. The summed E-state index contributed by atoms with van der Waals surface area (Å²) in [4.78, 5) is 3.90. The van der Waals surface area contributed by atoms with Gasteiger partial charge in [0.2, 0.25) is 6.39 Å². The second-order valence-corrected chi connectivity index (χ2v) is 3.83. The van der Waals surface area contributed by atoms with Crippen LogP contribution in [0, 0.1) is 5.82 Å². The number of benzene rings is 1. The predicted molar refractivity (Wildman–Crippen MR) is 68.5 cm³/mol. The van der Waals surface area contributed by atoms with Gasteiger partial charge in [0.25, 0.3) is 0 Å². The van der Waals surface area contributed by atoms with Crippen molar-refractivity contribution in [2.75, 3.05) is 24.2 Å². The highest BCUT2D eigenvalue weighted by atomic mass is 19.1. The van der Waals surface area contributed by atoms with Crippen LogP contribution in [-0.2, 0) is 6.42 Å². The summed E-state index contributed by atoms with van der Waals surface area (Å²) >= 11 is 0. The fourth-order valence-electron chi connectivity index (χ4n) is 1.60. The second-order valence-electron chi connectivity index (χ2n) is 3.83. The minimum absolute atomic E-state index is 0.179. The molecule has 0 amide bonds. The van der Waals surface area contributed by atoms with Crippen molar-refractivity contribution in [1.29, 1.82) is 0 Å². The number of nitrogens with two attached hydrogens (primary N) is 1. The van der Waals surface area contributed by atoms with Crippen LogP contribution in [0.4, 0.5) is 15.8 Å². The lowest BCUT2D eigenvalue weighted by Crippen LogP contribution is -2.08. The van der Waals surface area contributed by atoms with E-state index in [9.17, 15) is 4.39 Å². The van der Waals surface area contributed by atoms with Gasteiger partial charge in [-0.3, -0.25) is 0 Å². The van der Waals surface area contributed by atoms with Gasteiger partial charge in [0.1, 0.15) is 0 Å². The number of anilines is 2. The smallest absolute Gasteiger partial charge is 0.213 e. The Morgan fingerprint density at radius 3 is 3.00 bits per heavy atom. The number of halogens is 1. The Hall–Kier alpha value is -2.31. The van der Waals surface area contributed by atoms with Gasteiger partial charge >= 0.3 is 0 Å². The number of hydrogen-bond acceptors (Lipinski definition) is 6. The Kier molecular flexibility index (Phi) is 4.17. The third-order valence-corrected chi connectivity index (χ3v) is 2.47. The quantitative estimate of drug-likeness (QED) is 0.776. The molecule has 2 aromatic rings. The van der Waals surface area contributed by atoms with Crippen molar-refractivity contribution < 1.29 is 13.7 Å². The molecule has 19 heavy (non-hydrogen) atoms. The van der Waals surface area contributed by atoms with Crippen LogP contribution in [0.5, 0.6) is 5.75 Å². The molecule has 2 rings (SSSR count). The standard InChI is InChI=1S/C12H15FN4O2/c1-2-18-11-6-10(9(14)5-8(11)13)15-4-3-12-16-7-19-17-12/h5-7,15H,2-4,14H2,1H3. The molecule has 1 aromatic heterocycles. The molecule has 0 fully saturated rings. The van der Waals surface area contributed by atoms with Crippen LogP contribution in [0.15, 0.2) is 23.0 Å². The largest absolute Gasteiger partial charge is 0.491 e. The monoisotopic (exact) mass is 266 g/mol. The van der Waals surface area contributed by atoms with E-state index < -0.39 is 5.82 Å². The molecule has 0 bridgehead atoms. The first-order valence-corrected chi connectivity index (χ1v) is 5.91. The number of rotatable bonds is 6. The van der Waals surface area contributed by atoms with E-state index in [2.05, 4.69) is 20.0 Å². The lowest BCUT2D eigenvalue weighted by molar-refractivity contribution is 0.322. The lowest BCUT2D eigenvalue weighted by Gasteiger charge is -2.12. The molecule has 3 N–H and O–H groups in total. The maximum Gasteiger partial charge on any atom is 0.213 e. The zero-order valence-electron chi connectivity index (χ0n) is 10.5. The summed E-state index contributed by atoms with van der Waals surface area (Å²) in [5.41, 5.74) is 6.68. The molecular weight excluding hydrogens is 251 g/mol. The Morgan fingerprint density at radius 2 is 2.32 bits per heavy atom. The normalized spacial score (nSPS) is 10.4. The van der Waals surface area contributed by atoms with Gasteiger partial charge in [0.05, 0.1) is 18.0 Å². The zero-order chi connectivity index (χ0) is 13.7. The van der Waals surface area contributed by atoms with Crippen molar-refractivity contribution in [2.24, 2.45) is 0 Å². The van der Waals surface area contributed by atoms with Gasteiger partial charge in [-0.05, 0) is 6.92 Å². The van der Waals surface area contributed by atoms with Gasteiger partial charge in [0, 0.05) is 25.1 Å². The molecule has 7 heteroatoms. The maximum atomic E-state index is 13.5. The van der Waals surface area contributed by atoms with Crippen LogP contribution in [0.3, 0.4) is 0 Å². The molecule has 0 spiro atoms. The number of nitrogens with one attached hydrogen (secondary N) is 1. The summed E-state index contributed by atoms with van der Waals surface area (Å²) in [5, 5.41) is 6.77. The van der Waals surface area contributed by atoms with Gasteiger partial charge in [-0.25, -0.2) is 4.39 Å². The average molecular weight is 266 g/mol. The van der Waals surface area contributed by atoms with E-state index in [1.54, 1.807) is 13.0 Å². The van der Waals surface area contributed by atoms with Gasteiger partial charge in [0.15, 0.2) is 17.4 Å². The Morgan fingerprint density at radius 1 is 1.47 bits per heavy atom.